The van der Waals surface area contributed by atoms with Gasteiger partial charge in [-0.3, -0.25) is 0 Å². The molecule has 9 aromatic carbocycles. The molecule has 0 radical (unpaired) electrons. The summed E-state index contributed by atoms with van der Waals surface area (Å²) in [5.74, 6) is 0. The zero-order chi connectivity index (χ0) is 39.2. The molecule has 58 heavy (non-hydrogen) atoms. The molecule has 0 aliphatic carbocycles. The molecule has 0 bridgehead atoms. The van der Waals surface area contributed by atoms with Gasteiger partial charge in [0.2, 0.25) is 0 Å². The Morgan fingerprint density at radius 1 is 0.276 bits per heavy atom. The number of rotatable bonds is 10. The Kier molecular flexibility index (Phi) is 10.4. The van der Waals surface area contributed by atoms with E-state index >= 15 is 0 Å². The van der Waals surface area contributed by atoms with Gasteiger partial charge in [0.15, 0.2) is 5.69 Å². The smallest absolute Gasteiger partial charge is 0.0485 e. The van der Waals surface area contributed by atoms with Crippen LogP contribution in [0.15, 0.2) is 243 Å². The van der Waals surface area contributed by atoms with Crippen molar-refractivity contribution in [2.75, 3.05) is 4.90 Å². The van der Waals surface area contributed by atoms with Crippen LogP contribution in [0, 0.1) is 6.57 Å². The molecule has 274 valence electrons. The number of hydrogen-bond acceptors (Lipinski definition) is 1. The average molecular weight is 802 g/mol. The third kappa shape index (κ3) is 7.16. The first-order valence-electron chi connectivity index (χ1n) is 19.6. The van der Waals surface area contributed by atoms with Gasteiger partial charge in [-0.15, -0.1) is 0 Å². The van der Waals surface area contributed by atoms with Crippen LogP contribution < -0.4 is 22.5 Å². The van der Waals surface area contributed by atoms with E-state index in [1.165, 1.54) is 45.4 Å². The molecule has 2 nitrogen and oxygen atoms in total. The largest absolute Gasteiger partial charge is 0.0545 e. The van der Waals surface area contributed by atoms with Crippen LogP contribution in [0.1, 0.15) is 0 Å². The van der Waals surface area contributed by atoms with E-state index in [1.807, 2.05) is 30.3 Å². The summed E-state index contributed by atoms with van der Waals surface area (Å²) in [7, 11) is 0. The minimum absolute atomic E-state index is 0.625. The molecule has 0 aliphatic rings. The second-order valence-electron chi connectivity index (χ2n) is 14.4. The number of nitrogens with zero attached hydrogens (tertiary/aromatic N) is 2. The summed E-state index contributed by atoms with van der Waals surface area (Å²) in [6, 6.07) is 87.4. The van der Waals surface area contributed by atoms with Gasteiger partial charge in [-0.25, -0.2) is 4.85 Å². The van der Waals surface area contributed by atoms with E-state index in [0.717, 1.165) is 22.6 Å². The van der Waals surface area contributed by atoms with Crippen LogP contribution in [-0.4, -0.2) is 13.3 Å². The van der Waals surface area contributed by atoms with Crippen molar-refractivity contribution in [3.05, 3.63) is 254 Å². The molecule has 0 saturated heterocycles. The van der Waals surface area contributed by atoms with Crippen molar-refractivity contribution in [1.82, 2.24) is 0 Å². The van der Waals surface area contributed by atoms with Crippen LogP contribution in [0.5, 0.6) is 0 Å². The molecular weight excluding hydrogens is 761 g/mol. The van der Waals surface area contributed by atoms with Gasteiger partial charge >= 0.3 is 223 Å². The van der Waals surface area contributed by atoms with Gasteiger partial charge in [0.1, 0.15) is 0 Å². The van der Waals surface area contributed by atoms with Crippen LogP contribution in [0.4, 0.5) is 22.7 Å². The van der Waals surface area contributed by atoms with Gasteiger partial charge in [-0.05, 0) is 35.4 Å². The standard InChI is InChI=1S/C55H40GeN2/c1-57-52-34-40-55(41-35-52)58(53-36-28-46(29-37-53)42-14-6-2-7-15-42)54-38-30-47(31-39-54)44-24-22-43(23-25-44)45-26-32-51(33-27-45)56(48-16-8-3-9-17-48,49-18-10-4-11-19-49)50-20-12-5-13-21-50/h2-41H. The summed E-state index contributed by atoms with van der Waals surface area (Å²) in [4.78, 5) is 5.85. The molecule has 9 rings (SSSR count). The maximum atomic E-state index is 7.46. The van der Waals surface area contributed by atoms with Crippen molar-refractivity contribution >= 4 is 53.6 Å². The summed E-state index contributed by atoms with van der Waals surface area (Å²) in [6.45, 7) is 7.46. The Balaban J connectivity index is 1.01. The molecule has 0 saturated carbocycles. The second-order valence-corrected chi connectivity index (χ2v) is 22.4. The average Bonchev–Trinajstić information content (AvgIpc) is 3.32. The molecule has 0 unspecified atom stereocenters. The van der Waals surface area contributed by atoms with Crippen molar-refractivity contribution in [2.24, 2.45) is 0 Å². The van der Waals surface area contributed by atoms with Gasteiger partial charge in [0, 0.05) is 11.4 Å². The van der Waals surface area contributed by atoms with E-state index in [-0.39, 0.29) is 0 Å². The quantitative estimate of drug-likeness (QED) is 0.0987. The molecule has 0 atom stereocenters. The summed E-state index contributed by atoms with van der Waals surface area (Å²) in [5, 5.41) is 0. The van der Waals surface area contributed by atoms with Crippen molar-refractivity contribution in [2.45, 2.75) is 0 Å². The van der Waals surface area contributed by atoms with Crippen LogP contribution in [-0.2, 0) is 0 Å². The van der Waals surface area contributed by atoms with Gasteiger partial charge in [0.05, 0.1) is 6.57 Å². The molecule has 9 aromatic rings. The topological polar surface area (TPSA) is 7.60 Å². The van der Waals surface area contributed by atoms with Gasteiger partial charge in [-0.1, -0.05) is 54.6 Å². The molecule has 0 N–H and O–H groups in total. The van der Waals surface area contributed by atoms with Crippen molar-refractivity contribution in [1.29, 1.82) is 0 Å². The first-order valence-corrected chi connectivity index (χ1v) is 23.8. The summed E-state index contributed by atoms with van der Waals surface area (Å²) < 4.78 is 5.67. The molecule has 3 heteroatoms. The Labute approximate surface area is 344 Å². The maximum absolute atomic E-state index is 7.46. The van der Waals surface area contributed by atoms with Crippen LogP contribution >= 0.6 is 0 Å². The predicted molar refractivity (Wildman–Crippen MR) is 247 cm³/mol. The molecule has 0 spiro atoms. The van der Waals surface area contributed by atoms with E-state index in [1.54, 1.807) is 0 Å². The van der Waals surface area contributed by atoms with Crippen LogP contribution in [0.3, 0.4) is 0 Å². The Morgan fingerprint density at radius 2 is 0.534 bits per heavy atom. The second kappa shape index (κ2) is 16.5. The minimum Gasteiger partial charge on any atom is -0.0545 e. The van der Waals surface area contributed by atoms with Crippen molar-refractivity contribution in [3.63, 3.8) is 0 Å². The van der Waals surface area contributed by atoms with E-state index in [9.17, 15) is 0 Å². The fourth-order valence-corrected chi connectivity index (χ4v) is 18.1. The fourth-order valence-electron chi connectivity index (χ4n) is 8.19. The summed E-state index contributed by atoms with van der Waals surface area (Å²) >= 11 is -3.30. The summed E-state index contributed by atoms with van der Waals surface area (Å²) in [5.41, 5.74) is 10.8. The number of anilines is 3. The third-order valence-electron chi connectivity index (χ3n) is 11.1. The van der Waals surface area contributed by atoms with E-state index < -0.39 is 13.3 Å². The van der Waals surface area contributed by atoms with Crippen LogP contribution in [0.2, 0.25) is 0 Å². The molecule has 0 aliphatic heterocycles. The van der Waals surface area contributed by atoms with E-state index in [2.05, 4.69) is 222 Å². The molecule has 0 amide bonds. The molecule has 0 heterocycles. The maximum Gasteiger partial charge on any atom is -0.0485 e. The van der Waals surface area contributed by atoms with Gasteiger partial charge in [-0.2, -0.15) is 0 Å². The first-order chi connectivity index (χ1) is 28.7. The SMILES string of the molecule is [C-]#[N+]c1ccc(N(c2ccc(-c3ccccc3)cc2)c2ccc(-c3ccc(-c4cc[c]([Ge]([c]5ccccc5)([c]5ccccc5)[c]5ccccc5)cc4)cc3)cc2)cc1. The normalized spacial score (nSPS) is 11.1. The monoisotopic (exact) mass is 802 g/mol. The fraction of sp³-hybridized carbons (Fsp3) is 0. The number of hydrogen-bond donors (Lipinski definition) is 0. The van der Waals surface area contributed by atoms with Crippen LogP contribution in [0.25, 0.3) is 38.2 Å². The van der Waals surface area contributed by atoms with E-state index in [4.69, 9.17) is 6.57 Å². The molecular formula is C55H40GeN2. The Hall–Kier alpha value is -7.19. The third-order valence-corrected chi connectivity index (χ3v) is 21.2. The van der Waals surface area contributed by atoms with E-state index in [0.29, 0.717) is 5.69 Å². The summed E-state index contributed by atoms with van der Waals surface area (Å²) in [6.07, 6.45) is 0. The zero-order valence-electron chi connectivity index (χ0n) is 32.0. The van der Waals surface area contributed by atoms with Crippen molar-refractivity contribution in [3.8, 4) is 33.4 Å². The Bertz CT molecular complexity index is 2670. The van der Waals surface area contributed by atoms with Gasteiger partial charge in [0.25, 0.3) is 0 Å². The first kappa shape index (κ1) is 36.5. The predicted octanol–water partition coefficient (Wildman–Crippen LogP) is 12.1. The van der Waals surface area contributed by atoms with Gasteiger partial charge < -0.3 is 4.90 Å². The molecule has 0 fully saturated rings. The zero-order valence-corrected chi connectivity index (χ0v) is 34.1. The number of benzene rings is 9. The minimum atomic E-state index is -3.30. The molecule has 0 aromatic heterocycles. The Morgan fingerprint density at radius 3 is 0.879 bits per heavy atom. The van der Waals surface area contributed by atoms with Crippen molar-refractivity contribution < 1.29 is 0 Å².